The van der Waals surface area contributed by atoms with Crippen LogP contribution in [0.25, 0.3) is 0 Å². The lowest BCUT2D eigenvalue weighted by molar-refractivity contribution is 0.411. The average Bonchev–Trinajstić information content (AvgIpc) is 2.33. The lowest BCUT2D eigenvalue weighted by Crippen LogP contribution is -1.99. The van der Waals surface area contributed by atoms with Gasteiger partial charge in [0.1, 0.15) is 0 Å². The topological polar surface area (TPSA) is 23.8 Å². The number of hydrogen-bond donors (Lipinski definition) is 0. The molecule has 0 spiro atoms. The molecule has 1 N–H and O–H groups in total. The van der Waals surface area contributed by atoms with Crippen molar-refractivity contribution in [1.29, 1.82) is 0 Å². The summed E-state index contributed by atoms with van der Waals surface area (Å²) in [4.78, 5) is 0. The second-order valence-electron chi connectivity index (χ2n) is 4.10. The second kappa shape index (κ2) is 6.47. The molecule has 0 saturated heterocycles. The highest BCUT2D eigenvalue weighted by Crippen LogP contribution is 2.26. The SMILES string of the molecule is [NH]CCCCC1CCCCCC1. The summed E-state index contributed by atoms with van der Waals surface area (Å²) in [5, 5.41) is 0. The van der Waals surface area contributed by atoms with Gasteiger partial charge in [-0.3, -0.25) is 5.73 Å². The molecule has 0 heterocycles. The van der Waals surface area contributed by atoms with Crippen LogP contribution in [0.5, 0.6) is 0 Å². The van der Waals surface area contributed by atoms with E-state index in [4.69, 9.17) is 5.73 Å². The van der Waals surface area contributed by atoms with E-state index in [0.29, 0.717) is 6.54 Å². The average molecular weight is 168 g/mol. The van der Waals surface area contributed by atoms with Crippen molar-refractivity contribution in [3.63, 3.8) is 0 Å². The van der Waals surface area contributed by atoms with Crippen LogP contribution in [0, 0.1) is 5.92 Å². The number of nitrogens with one attached hydrogen (secondary N) is 1. The molecule has 0 aromatic carbocycles. The smallest absolute Gasteiger partial charge is 0.00997 e. The van der Waals surface area contributed by atoms with Crippen LogP contribution in [-0.2, 0) is 0 Å². The van der Waals surface area contributed by atoms with E-state index in [1.54, 1.807) is 0 Å². The highest BCUT2D eigenvalue weighted by Gasteiger charge is 2.10. The van der Waals surface area contributed by atoms with Crippen molar-refractivity contribution < 1.29 is 0 Å². The first-order chi connectivity index (χ1) is 5.93. The number of rotatable bonds is 4. The van der Waals surface area contributed by atoms with E-state index in [1.165, 1.54) is 51.4 Å². The molecule has 0 aliphatic heterocycles. The van der Waals surface area contributed by atoms with Crippen molar-refractivity contribution in [2.24, 2.45) is 5.92 Å². The van der Waals surface area contributed by atoms with Crippen molar-refractivity contribution in [1.82, 2.24) is 5.73 Å². The summed E-state index contributed by atoms with van der Waals surface area (Å²) < 4.78 is 0. The minimum Gasteiger partial charge on any atom is -0.258 e. The van der Waals surface area contributed by atoms with Gasteiger partial charge < -0.3 is 0 Å². The Labute approximate surface area is 76.7 Å². The Hall–Kier alpha value is -0.0400. The normalized spacial score (nSPS) is 20.8. The molecule has 71 valence electrons. The third-order valence-corrected chi connectivity index (χ3v) is 3.01. The fourth-order valence-electron chi connectivity index (χ4n) is 2.21. The van der Waals surface area contributed by atoms with Crippen LogP contribution in [0.3, 0.4) is 0 Å². The Morgan fingerprint density at radius 3 is 2.17 bits per heavy atom. The van der Waals surface area contributed by atoms with Gasteiger partial charge in [-0.25, -0.2) is 0 Å². The lowest BCUT2D eigenvalue weighted by Gasteiger charge is -2.12. The third kappa shape index (κ3) is 4.10. The molecule has 1 aliphatic rings. The van der Waals surface area contributed by atoms with Crippen LogP contribution < -0.4 is 5.73 Å². The van der Waals surface area contributed by atoms with Gasteiger partial charge in [0.05, 0.1) is 0 Å². The first kappa shape index (κ1) is 10.0. The summed E-state index contributed by atoms with van der Waals surface area (Å²) >= 11 is 0. The molecule has 1 rings (SSSR count). The van der Waals surface area contributed by atoms with Crippen LogP contribution in [-0.4, -0.2) is 6.54 Å². The maximum Gasteiger partial charge on any atom is 0.00997 e. The van der Waals surface area contributed by atoms with E-state index in [1.807, 2.05) is 0 Å². The third-order valence-electron chi connectivity index (χ3n) is 3.01. The van der Waals surface area contributed by atoms with Crippen LogP contribution in [0.2, 0.25) is 0 Å². The Balaban J connectivity index is 2.04. The molecule has 12 heavy (non-hydrogen) atoms. The van der Waals surface area contributed by atoms with Crippen LogP contribution in [0.1, 0.15) is 57.8 Å². The highest BCUT2D eigenvalue weighted by atomic mass is 14.5. The van der Waals surface area contributed by atoms with E-state index >= 15 is 0 Å². The van der Waals surface area contributed by atoms with E-state index in [0.717, 1.165) is 12.3 Å². The molecule has 1 fully saturated rings. The minimum absolute atomic E-state index is 0.632. The Bertz CT molecular complexity index is 93.2. The Kier molecular flexibility index (Phi) is 5.42. The van der Waals surface area contributed by atoms with E-state index < -0.39 is 0 Å². The fraction of sp³-hybridized carbons (Fsp3) is 1.00. The maximum absolute atomic E-state index is 7.06. The summed E-state index contributed by atoms with van der Waals surface area (Å²) in [6.45, 7) is 0.632. The number of hydrogen-bond acceptors (Lipinski definition) is 0. The van der Waals surface area contributed by atoms with E-state index in [9.17, 15) is 0 Å². The van der Waals surface area contributed by atoms with Gasteiger partial charge in [0.25, 0.3) is 0 Å². The summed E-state index contributed by atoms with van der Waals surface area (Å²) in [7, 11) is 0. The highest BCUT2D eigenvalue weighted by molar-refractivity contribution is 4.64. The van der Waals surface area contributed by atoms with Gasteiger partial charge >= 0.3 is 0 Å². The summed E-state index contributed by atoms with van der Waals surface area (Å²) in [6, 6.07) is 0. The summed E-state index contributed by atoms with van der Waals surface area (Å²) in [5.74, 6) is 1.01. The van der Waals surface area contributed by atoms with Crippen LogP contribution in [0.15, 0.2) is 0 Å². The van der Waals surface area contributed by atoms with E-state index in [-0.39, 0.29) is 0 Å². The van der Waals surface area contributed by atoms with Crippen LogP contribution >= 0.6 is 0 Å². The first-order valence-electron chi connectivity index (χ1n) is 5.58. The van der Waals surface area contributed by atoms with Crippen LogP contribution in [0.4, 0.5) is 0 Å². The molecule has 1 radical (unpaired) electrons. The summed E-state index contributed by atoms with van der Waals surface area (Å²) in [5.41, 5.74) is 7.06. The first-order valence-corrected chi connectivity index (χ1v) is 5.58. The number of unbranched alkanes of at least 4 members (excludes halogenated alkanes) is 1. The second-order valence-corrected chi connectivity index (χ2v) is 4.10. The van der Waals surface area contributed by atoms with Gasteiger partial charge in [0.2, 0.25) is 0 Å². The van der Waals surface area contributed by atoms with Gasteiger partial charge in [0, 0.05) is 6.54 Å². The molecule has 1 nitrogen and oxygen atoms in total. The molecule has 0 atom stereocenters. The van der Waals surface area contributed by atoms with Gasteiger partial charge in [-0.2, -0.15) is 0 Å². The zero-order valence-corrected chi connectivity index (χ0v) is 8.15. The maximum atomic E-state index is 7.06. The quantitative estimate of drug-likeness (QED) is 0.454. The van der Waals surface area contributed by atoms with E-state index in [2.05, 4.69) is 0 Å². The lowest BCUT2D eigenvalue weighted by atomic mass is 9.94. The fourth-order valence-corrected chi connectivity index (χ4v) is 2.21. The Morgan fingerprint density at radius 2 is 1.58 bits per heavy atom. The molecule has 0 bridgehead atoms. The van der Waals surface area contributed by atoms with Crippen molar-refractivity contribution in [3.05, 3.63) is 0 Å². The van der Waals surface area contributed by atoms with Gasteiger partial charge in [-0.15, -0.1) is 0 Å². The standard InChI is InChI=1S/C11H22N/c12-10-6-5-9-11-7-3-1-2-4-8-11/h11-12H,1-10H2. The van der Waals surface area contributed by atoms with Crippen molar-refractivity contribution in [3.8, 4) is 0 Å². The van der Waals surface area contributed by atoms with Gasteiger partial charge in [0.15, 0.2) is 0 Å². The predicted octanol–water partition coefficient (Wildman–Crippen LogP) is 3.41. The Morgan fingerprint density at radius 1 is 0.917 bits per heavy atom. The molecular formula is C11H22N. The minimum atomic E-state index is 0.632. The zero-order valence-electron chi connectivity index (χ0n) is 8.15. The monoisotopic (exact) mass is 168 g/mol. The van der Waals surface area contributed by atoms with Gasteiger partial charge in [-0.05, 0) is 12.3 Å². The molecular weight excluding hydrogens is 146 g/mol. The van der Waals surface area contributed by atoms with Crippen molar-refractivity contribution >= 4 is 0 Å². The largest absolute Gasteiger partial charge is 0.258 e. The summed E-state index contributed by atoms with van der Waals surface area (Å²) in [6.07, 6.45) is 12.6. The van der Waals surface area contributed by atoms with Crippen molar-refractivity contribution in [2.45, 2.75) is 57.8 Å². The van der Waals surface area contributed by atoms with Gasteiger partial charge in [-0.1, -0.05) is 51.4 Å². The molecule has 0 unspecified atom stereocenters. The molecule has 1 aliphatic carbocycles. The van der Waals surface area contributed by atoms with Crippen molar-refractivity contribution in [2.75, 3.05) is 6.54 Å². The molecule has 1 saturated carbocycles. The molecule has 0 amide bonds. The predicted molar refractivity (Wildman–Crippen MR) is 53.0 cm³/mol. The molecule has 0 aromatic heterocycles. The molecule has 0 aromatic rings. The zero-order chi connectivity index (χ0) is 8.65. The molecule has 1 heteroatoms.